The van der Waals surface area contributed by atoms with E-state index in [0.29, 0.717) is 0 Å². The van der Waals surface area contributed by atoms with E-state index in [1.807, 2.05) is 0 Å². The summed E-state index contributed by atoms with van der Waals surface area (Å²) in [5.41, 5.74) is 0. The monoisotopic (exact) mass is 274 g/mol. The average molecular weight is 274 g/mol. The number of rotatable bonds is 2. The molecule has 0 aromatic rings. The summed E-state index contributed by atoms with van der Waals surface area (Å²) in [6, 6.07) is 0. The largest absolute Gasteiger partial charge is 2.00 e. The van der Waals surface area contributed by atoms with Gasteiger partial charge >= 0.3 is 17.1 Å². The van der Waals surface area contributed by atoms with E-state index in [9.17, 15) is 25.9 Å². The predicted molar refractivity (Wildman–Crippen MR) is 40.5 cm³/mol. The van der Waals surface area contributed by atoms with E-state index in [2.05, 4.69) is 0 Å². The third-order valence-electron chi connectivity index (χ3n) is 0.707. The minimum Gasteiger partial charge on any atom is -0.748 e. The Morgan fingerprint density at radius 2 is 0.923 bits per heavy atom. The molecule has 82 valence electrons. The van der Waals surface area contributed by atoms with Crippen LogP contribution in [0.5, 0.6) is 0 Å². The minimum atomic E-state index is -3.91. The Morgan fingerprint density at radius 1 is 0.846 bits per heavy atom. The number of hydrogen-bond donors (Lipinski definition) is 0. The van der Waals surface area contributed by atoms with Gasteiger partial charge in [0, 0.05) is 11.5 Å². The summed E-state index contributed by atoms with van der Waals surface area (Å²) in [4.78, 5) is 0. The Balaban J connectivity index is -0.000000143. The Hall–Kier alpha value is 0.339. The van der Waals surface area contributed by atoms with Crippen molar-refractivity contribution in [3.63, 3.8) is 0 Å². The smallest absolute Gasteiger partial charge is 0.748 e. The summed E-state index contributed by atoms with van der Waals surface area (Å²) in [5.74, 6) is -0.625. The Bertz CT molecular complexity index is 259. The molecule has 0 N–H and O–H groups in total. The predicted octanol–water partition coefficient (Wildman–Crippen LogP) is -0.899. The van der Waals surface area contributed by atoms with Crippen LogP contribution in [-0.4, -0.2) is 37.4 Å². The van der Waals surface area contributed by atoms with Crippen LogP contribution < -0.4 is 0 Å². The molecule has 0 aliphatic heterocycles. The van der Waals surface area contributed by atoms with E-state index >= 15 is 0 Å². The summed E-state index contributed by atoms with van der Waals surface area (Å²) in [7, 11) is -7.82. The average Bonchev–Trinajstić information content (AvgIpc) is 1.86. The molecular formula is C4H10FeO6S2. The molecule has 0 heterocycles. The standard InChI is InChI=1S/2C2H6O3S.Fe/c2*1-2-6(3,4)5;/h2*2H2,1H3,(H,3,4,5);/q;;+2/p-2. The van der Waals surface area contributed by atoms with Crippen molar-refractivity contribution in [1.29, 1.82) is 0 Å². The van der Waals surface area contributed by atoms with Gasteiger partial charge in [0.2, 0.25) is 0 Å². The molecule has 0 radical (unpaired) electrons. The first-order valence-electron chi connectivity index (χ1n) is 2.99. The van der Waals surface area contributed by atoms with Gasteiger partial charge in [0.1, 0.15) is 0 Å². The van der Waals surface area contributed by atoms with Crippen molar-refractivity contribution in [2.75, 3.05) is 11.5 Å². The van der Waals surface area contributed by atoms with Crippen molar-refractivity contribution in [2.24, 2.45) is 0 Å². The van der Waals surface area contributed by atoms with Gasteiger partial charge in [-0.15, -0.1) is 0 Å². The number of hydrogen-bond acceptors (Lipinski definition) is 6. The van der Waals surface area contributed by atoms with Gasteiger partial charge in [0.25, 0.3) is 0 Å². The van der Waals surface area contributed by atoms with Crippen LogP contribution in [0.2, 0.25) is 0 Å². The molecule has 13 heavy (non-hydrogen) atoms. The van der Waals surface area contributed by atoms with Crippen molar-refractivity contribution in [1.82, 2.24) is 0 Å². The van der Waals surface area contributed by atoms with Crippen molar-refractivity contribution >= 4 is 20.2 Å². The zero-order valence-corrected chi connectivity index (χ0v) is 9.77. The van der Waals surface area contributed by atoms with Gasteiger partial charge in [-0.05, 0) is 0 Å². The maximum atomic E-state index is 9.44. The molecule has 0 amide bonds. The van der Waals surface area contributed by atoms with Gasteiger partial charge in [-0.25, -0.2) is 16.8 Å². The van der Waals surface area contributed by atoms with Crippen LogP contribution >= 0.6 is 0 Å². The summed E-state index contributed by atoms with van der Waals surface area (Å²) in [6.07, 6.45) is 0. The van der Waals surface area contributed by atoms with Gasteiger partial charge in [0.15, 0.2) is 0 Å². The minimum absolute atomic E-state index is 0. The van der Waals surface area contributed by atoms with E-state index in [1.165, 1.54) is 13.8 Å². The SMILES string of the molecule is CCS(=O)(=O)[O-].CCS(=O)(=O)[O-].[Fe+2]. The molecular weight excluding hydrogens is 264 g/mol. The van der Waals surface area contributed by atoms with Crippen LogP contribution in [-0.2, 0) is 37.3 Å². The van der Waals surface area contributed by atoms with Crippen LogP contribution in [0.4, 0.5) is 0 Å². The second-order valence-electron chi connectivity index (χ2n) is 1.69. The van der Waals surface area contributed by atoms with E-state index < -0.39 is 20.2 Å². The molecule has 0 spiro atoms. The Morgan fingerprint density at radius 3 is 0.923 bits per heavy atom. The van der Waals surface area contributed by atoms with E-state index in [-0.39, 0.29) is 28.6 Å². The molecule has 0 rings (SSSR count). The fourth-order valence-electron chi connectivity index (χ4n) is 0. The van der Waals surface area contributed by atoms with E-state index in [4.69, 9.17) is 0 Å². The summed E-state index contributed by atoms with van der Waals surface area (Å²) in [5, 5.41) is 0. The van der Waals surface area contributed by atoms with Crippen molar-refractivity contribution in [3.8, 4) is 0 Å². The second-order valence-corrected chi connectivity index (χ2v) is 5.08. The van der Waals surface area contributed by atoms with E-state index in [0.717, 1.165) is 0 Å². The van der Waals surface area contributed by atoms with Crippen molar-refractivity contribution in [2.45, 2.75) is 13.8 Å². The molecule has 0 fully saturated rings. The molecule has 0 aliphatic carbocycles. The summed E-state index contributed by atoms with van der Waals surface area (Å²) >= 11 is 0. The van der Waals surface area contributed by atoms with Crippen LogP contribution in [0.1, 0.15) is 13.8 Å². The maximum Gasteiger partial charge on any atom is 2.00 e. The molecule has 0 bridgehead atoms. The molecule has 0 unspecified atom stereocenters. The van der Waals surface area contributed by atoms with Crippen molar-refractivity contribution in [3.05, 3.63) is 0 Å². The Kier molecular flexibility index (Phi) is 11.3. The van der Waals surface area contributed by atoms with Gasteiger partial charge in [-0.2, -0.15) is 0 Å². The first kappa shape index (κ1) is 19.0. The first-order valence-corrected chi connectivity index (χ1v) is 6.15. The van der Waals surface area contributed by atoms with Gasteiger partial charge < -0.3 is 9.11 Å². The normalized spacial score (nSPS) is 10.8. The third kappa shape index (κ3) is 32.8. The molecule has 6 nitrogen and oxygen atoms in total. The fraction of sp³-hybridized carbons (Fsp3) is 1.00. The van der Waals surface area contributed by atoms with Crippen LogP contribution in [0.25, 0.3) is 0 Å². The maximum absolute atomic E-state index is 9.44. The molecule has 0 saturated heterocycles. The topological polar surface area (TPSA) is 114 Å². The first-order chi connectivity index (χ1) is 5.12. The fourth-order valence-corrected chi connectivity index (χ4v) is 0. The summed E-state index contributed by atoms with van der Waals surface area (Å²) in [6.45, 7) is 2.62. The zero-order valence-electron chi connectivity index (χ0n) is 7.03. The molecule has 9 heteroatoms. The third-order valence-corrected chi connectivity index (χ3v) is 2.12. The summed E-state index contributed by atoms with van der Waals surface area (Å²) < 4.78 is 56.7. The Labute approximate surface area is 88.7 Å². The van der Waals surface area contributed by atoms with Gasteiger partial charge in [-0.3, -0.25) is 0 Å². The molecule has 0 aromatic heterocycles. The van der Waals surface area contributed by atoms with Crippen LogP contribution in [0.3, 0.4) is 0 Å². The van der Waals surface area contributed by atoms with Crippen LogP contribution in [0.15, 0.2) is 0 Å². The van der Waals surface area contributed by atoms with Crippen molar-refractivity contribution < 1.29 is 43.0 Å². The van der Waals surface area contributed by atoms with E-state index in [1.54, 1.807) is 0 Å². The van der Waals surface area contributed by atoms with Crippen LogP contribution in [0, 0.1) is 0 Å². The molecule has 0 aromatic carbocycles. The molecule has 0 saturated carbocycles. The molecule has 0 atom stereocenters. The second kappa shape index (κ2) is 7.72. The van der Waals surface area contributed by atoms with Gasteiger partial charge in [-0.1, -0.05) is 13.8 Å². The quantitative estimate of drug-likeness (QED) is 0.476. The zero-order chi connectivity index (χ0) is 10.4. The molecule has 0 aliphatic rings. The van der Waals surface area contributed by atoms with Gasteiger partial charge in [0.05, 0.1) is 20.2 Å².